The summed E-state index contributed by atoms with van der Waals surface area (Å²) in [6.45, 7) is 0.714. The van der Waals surface area contributed by atoms with E-state index in [2.05, 4.69) is 0 Å². The van der Waals surface area contributed by atoms with E-state index in [9.17, 15) is 9.90 Å². The van der Waals surface area contributed by atoms with Crippen LogP contribution in [0.1, 0.15) is 44.1 Å². The number of ether oxygens (including phenoxy) is 1. The van der Waals surface area contributed by atoms with E-state index in [1.807, 2.05) is 6.08 Å². The summed E-state index contributed by atoms with van der Waals surface area (Å²) in [5, 5.41) is 9.68. The number of hydrogen-bond donors (Lipinski definition) is 1. The highest BCUT2D eigenvalue weighted by molar-refractivity contribution is 8.26. The topological polar surface area (TPSA) is 49.8 Å². The molecule has 1 amide bonds. The number of carbonyl (C=O) groups excluding carboxylic acids is 1. The molecular weight excluding hydrogens is 354 g/mol. The van der Waals surface area contributed by atoms with Crippen molar-refractivity contribution >= 4 is 40.3 Å². The van der Waals surface area contributed by atoms with E-state index in [0.717, 1.165) is 17.9 Å². The van der Waals surface area contributed by atoms with Gasteiger partial charge in [-0.3, -0.25) is 9.69 Å². The number of aromatic hydroxyl groups is 1. The third kappa shape index (κ3) is 4.36. The molecule has 0 bridgehead atoms. The van der Waals surface area contributed by atoms with Gasteiger partial charge in [0.1, 0.15) is 4.32 Å². The van der Waals surface area contributed by atoms with Crippen LogP contribution in [0.4, 0.5) is 0 Å². The van der Waals surface area contributed by atoms with Gasteiger partial charge in [0.15, 0.2) is 11.5 Å². The Morgan fingerprint density at radius 1 is 1.36 bits per heavy atom. The summed E-state index contributed by atoms with van der Waals surface area (Å²) in [6, 6.07) is 5.03. The van der Waals surface area contributed by atoms with E-state index in [1.165, 1.54) is 51.0 Å². The molecule has 1 aliphatic carbocycles. The Bertz CT molecular complexity index is 696. The second-order valence-electron chi connectivity index (χ2n) is 6.56. The zero-order chi connectivity index (χ0) is 17.8. The molecule has 1 N–H and O–H groups in total. The summed E-state index contributed by atoms with van der Waals surface area (Å²) < 4.78 is 5.75. The number of methoxy groups -OCH3 is 1. The van der Waals surface area contributed by atoms with Gasteiger partial charge in [0, 0.05) is 6.54 Å². The van der Waals surface area contributed by atoms with Crippen molar-refractivity contribution in [1.82, 2.24) is 4.90 Å². The number of thiocarbonyl (C=S) groups is 1. The number of phenols is 1. The van der Waals surface area contributed by atoms with Gasteiger partial charge in [-0.1, -0.05) is 62.2 Å². The van der Waals surface area contributed by atoms with Crippen LogP contribution in [-0.4, -0.2) is 33.9 Å². The van der Waals surface area contributed by atoms with Crippen LogP contribution in [0, 0.1) is 5.92 Å². The summed E-state index contributed by atoms with van der Waals surface area (Å²) >= 11 is 6.76. The van der Waals surface area contributed by atoms with Gasteiger partial charge in [0.2, 0.25) is 0 Å². The first-order chi connectivity index (χ1) is 12.1. The van der Waals surface area contributed by atoms with E-state index < -0.39 is 0 Å². The van der Waals surface area contributed by atoms with Gasteiger partial charge in [-0.15, -0.1) is 0 Å². The molecule has 0 spiro atoms. The largest absolute Gasteiger partial charge is 0.504 e. The maximum Gasteiger partial charge on any atom is 0.266 e. The standard InChI is InChI=1S/C19H23NO3S2/c1-23-16-11-14(7-8-15(16)21)12-17-18(22)20(19(24)25-17)10-9-13-5-3-2-4-6-13/h7-8,11-13,21H,2-6,9-10H2,1H3/b17-12+. The Balaban J connectivity index is 1.67. The number of nitrogens with zero attached hydrogens (tertiary/aromatic N) is 1. The van der Waals surface area contributed by atoms with Crippen LogP contribution in [0.5, 0.6) is 11.5 Å². The predicted octanol–water partition coefficient (Wildman–Crippen LogP) is 4.57. The maximum atomic E-state index is 12.7. The average Bonchev–Trinajstić information content (AvgIpc) is 2.89. The van der Waals surface area contributed by atoms with Crippen molar-refractivity contribution < 1.29 is 14.6 Å². The number of rotatable bonds is 5. The van der Waals surface area contributed by atoms with Crippen molar-refractivity contribution in [2.45, 2.75) is 38.5 Å². The molecule has 1 saturated carbocycles. The van der Waals surface area contributed by atoms with E-state index in [4.69, 9.17) is 17.0 Å². The minimum Gasteiger partial charge on any atom is -0.504 e. The van der Waals surface area contributed by atoms with Crippen LogP contribution in [0.15, 0.2) is 23.1 Å². The summed E-state index contributed by atoms with van der Waals surface area (Å²) in [6.07, 6.45) is 9.36. The molecule has 3 rings (SSSR count). The molecule has 1 aromatic rings. The molecular formula is C19H23NO3S2. The maximum absolute atomic E-state index is 12.7. The number of benzene rings is 1. The summed E-state index contributed by atoms with van der Waals surface area (Å²) in [7, 11) is 1.50. The van der Waals surface area contributed by atoms with Gasteiger partial charge in [0.25, 0.3) is 5.91 Å². The predicted molar refractivity (Wildman–Crippen MR) is 106 cm³/mol. The first kappa shape index (κ1) is 18.3. The second-order valence-corrected chi connectivity index (χ2v) is 8.23. The SMILES string of the molecule is COc1cc(/C=C2/SC(=S)N(CCC3CCCCC3)C2=O)ccc1O. The minimum atomic E-state index is -0.0159. The fourth-order valence-corrected chi connectivity index (χ4v) is 4.72. The first-order valence-electron chi connectivity index (χ1n) is 8.71. The molecule has 1 heterocycles. The number of phenolic OH excluding ortho intramolecular Hbond substituents is 1. The second kappa shape index (κ2) is 8.23. The molecule has 0 unspecified atom stereocenters. The Morgan fingerprint density at radius 3 is 2.84 bits per heavy atom. The lowest BCUT2D eigenvalue weighted by Crippen LogP contribution is -2.30. The van der Waals surface area contributed by atoms with Crippen molar-refractivity contribution in [2.75, 3.05) is 13.7 Å². The molecule has 25 heavy (non-hydrogen) atoms. The third-order valence-corrected chi connectivity index (χ3v) is 6.24. The van der Waals surface area contributed by atoms with Crippen molar-refractivity contribution in [3.63, 3.8) is 0 Å². The Kier molecular flexibility index (Phi) is 6.02. The first-order valence-corrected chi connectivity index (χ1v) is 9.93. The number of amides is 1. The molecule has 0 aromatic heterocycles. The van der Waals surface area contributed by atoms with E-state index >= 15 is 0 Å². The Labute approximate surface area is 158 Å². The lowest BCUT2D eigenvalue weighted by Gasteiger charge is -2.23. The highest BCUT2D eigenvalue weighted by Crippen LogP contribution is 2.35. The number of thioether (sulfide) groups is 1. The Hall–Kier alpha value is -1.53. The van der Waals surface area contributed by atoms with Crippen LogP contribution in [0.3, 0.4) is 0 Å². The molecule has 0 atom stereocenters. The van der Waals surface area contributed by atoms with E-state index in [0.29, 0.717) is 21.5 Å². The van der Waals surface area contributed by atoms with E-state index in [1.54, 1.807) is 23.1 Å². The molecule has 2 aliphatic rings. The lowest BCUT2D eigenvalue weighted by atomic mass is 9.87. The zero-order valence-corrected chi connectivity index (χ0v) is 16.0. The van der Waals surface area contributed by atoms with Crippen LogP contribution in [0.2, 0.25) is 0 Å². The number of hydrogen-bond acceptors (Lipinski definition) is 5. The molecule has 6 heteroatoms. The molecule has 1 aliphatic heterocycles. The highest BCUT2D eigenvalue weighted by atomic mass is 32.2. The van der Waals surface area contributed by atoms with Crippen LogP contribution in [-0.2, 0) is 4.79 Å². The molecule has 134 valence electrons. The van der Waals surface area contributed by atoms with Crippen LogP contribution >= 0.6 is 24.0 Å². The van der Waals surface area contributed by atoms with E-state index in [-0.39, 0.29) is 11.7 Å². The van der Waals surface area contributed by atoms with Crippen molar-refractivity contribution in [3.8, 4) is 11.5 Å². The normalized spacial score (nSPS) is 20.5. The smallest absolute Gasteiger partial charge is 0.266 e. The highest BCUT2D eigenvalue weighted by Gasteiger charge is 2.32. The zero-order valence-electron chi connectivity index (χ0n) is 14.4. The van der Waals surface area contributed by atoms with Gasteiger partial charge < -0.3 is 9.84 Å². The van der Waals surface area contributed by atoms with Crippen LogP contribution in [0.25, 0.3) is 6.08 Å². The fourth-order valence-electron chi connectivity index (χ4n) is 3.42. The van der Waals surface area contributed by atoms with Gasteiger partial charge in [-0.2, -0.15) is 0 Å². The van der Waals surface area contributed by atoms with Gasteiger partial charge in [0.05, 0.1) is 12.0 Å². The van der Waals surface area contributed by atoms with Gasteiger partial charge >= 0.3 is 0 Å². The number of carbonyl (C=O) groups is 1. The van der Waals surface area contributed by atoms with Crippen molar-refractivity contribution in [1.29, 1.82) is 0 Å². The lowest BCUT2D eigenvalue weighted by molar-refractivity contribution is -0.122. The average molecular weight is 378 g/mol. The molecule has 0 radical (unpaired) electrons. The fraction of sp³-hybridized carbons (Fsp3) is 0.474. The molecule has 1 aromatic carbocycles. The van der Waals surface area contributed by atoms with Crippen molar-refractivity contribution in [2.24, 2.45) is 5.92 Å². The van der Waals surface area contributed by atoms with Gasteiger partial charge in [-0.05, 0) is 36.1 Å². The van der Waals surface area contributed by atoms with Crippen molar-refractivity contribution in [3.05, 3.63) is 28.7 Å². The summed E-state index contributed by atoms with van der Waals surface area (Å²) in [5.41, 5.74) is 0.808. The Morgan fingerprint density at radius 2 is 2.12 bits per heavy atom. The quantitative estimate of drug-likeness (QED) is 0.602. The molecule has 2 fully saturated rings. The van der Waals surface area contributed by atoms with Gasteiger partial charge in [-0.25, -0.2) is 0 Å². The van der Waals surface area contributed by atoms with Crippen LogP contribution < -0.4 is 4.74 Å². The molecule has 1 saturated heterocycles. The monoisotopic (exact) mass is 377 g/mol. The third-order valence-electron chi connectivity index (χ3n) is 4.86. The molecule has 4 nitrogen and oxygen atoms in total. The minimum absolute atomic E-state index is 0.0159. The summed E-state index contributed by atoms with van der Waals surface area (Å²) in [5.74, 6) is 1.18. The summed E-state index contributed by atoms with van der Waals surface area (Å²) in [4.78, 5) is 15.0.